The SMILES string of the molecule is C[C@H](CC1(c2nn(-c3ccc(F)cc3)c(=O)[nH]2)c2ccc(C(N)=O)cc2CCc2cc(C(N)=O)ccc21)NCC(=O)N1C(C#N)C[C@@H]2C[C@@H]21. The van der Waals surface area contributed by atoms with Gasteiger partial charge in [0, 0.05) is 23.2 Å². The fraction of sp³-hybridized carbons (Fsp3) is 0.333. The Hall–Kier alpha value is -5.61. The molecule has 1 aliphatic heterocycles. The largest absolute Gasteiger partial charge is 0.366 e. The van der Waals surface area contributed by atoms with E-state index in [1.165, 1.54) is 28.9 Å². The zero-order chi connectivity index (χ0) is 34.6. The molecule has 2 fully saturated rings. The van der Waals surface area contributed by atoms with Gasteiger partial charge >= 0.3 is 5.69 Å². The molecule has 49 heavy (non-hydrogen) atoms. The van der Waals surface area contributed by atoms with Gasteiger partial charge in [0.05, 0.1) is 23.7 Å². The Kier molecular flexibility index (Phi) is 7.91. The maximum Gasteiger partial charge on any atom is 0.348 e. The van der Waals surface area contributed by atoms with E-state index in [1.807, 2.05) is 19.1 Å². The van der Waals surface area contributed by atoms with Crippen molar-refractivity contribution in [2.75, 3.05) is 6.54 Å². The van der Waals surface area contributed by atoms with Crippen molar-refractivity contribution in [3.63, 3.8) is 0 Å². The van der Waals surface area contributed by atoms with E-state index in [0.717, 1.165) is 28.7 Å². The van der Waals surface area contributed by atoms with Gasteiger partial charge in [-0.25, -0.2) is 9.18 Å². The number of H-pyrrole nitrogens is 1. The number of aromatic amines is 1. The summed E-state index contributed by atoms with van der Waals surface area (Å²) < 4.78 is 15.0. The number of aryl methyl sites for hydroxylation is 2. The number of nitriles is 1. The van der Waals surface area contributed by atoms with Crippen molar-refractivity contribution < 1.29 is 18.8 Å². The van der Waals surface area contributed by atoms with Crippen LogP contribution in [0.15, 0.2) is 65.5 Å². The minimum absolute atomic E-state index is 0.000126. The number of benzene rings is 3. The van der Waals surface area contributed by atoms with E-state index >= 15 is 0 Å². The summed E-state index contributed by atoms with van der Waals surface area (Å²) >= 11 is 0. The summed E-state index contributed by atoms with van der Waals surface area (Å²) in [5, 5.41) is 17.8. The molecular formula is C36H35FN8O4. The Morgan fingerprint density at radius 2 is 1.63 bits per heavy atom. The second-order valence-electron chi connectivity index (χ2n) is 13.3. The first kappa shape index (κ1) is 32.0. The zero-order valence-corrected chi connectivity index (χ0v) is 26.8. The number of rotatable bonds is 9. The molecule has 1 saturated carbocycles. The van der Waals surface area contributed by atoms with Crippen LogP contribution in [-0.2, 0) is 23.1 Å². The predicted octanol–water partition coefficient (Wildman–Crippen LogP) is 2.21. The second kappa shape index (κ2) is 12.1. The van der Waals surface area contributed by atoms with Crippen LogP contribution in [0.4, 0.5) is 4.39 Å². The van der Waals surface area contributed by atoms with E-state index in [9.17, 15) is 28.8 Å². The van der Waals surface area contributed by atoms with Crippen molar-refractivity contribution in [3.8, 4) is 11.8 Å². The number of carbonyl (C=O) groups is 3. The lowest BCUT2D eigenvalue weighted by Crippen LogP contribution is -2.46. The van der Waals surface area contributed by atoms with Crippen LogP contribution in [-0.4, -0.2) is 62.1 Å². The molecule has 3 aromatic carbocycles. The molecule has 0 radical (unpaired) electrons. The van der Waals surface area contributed by atoms with Gasteiger partial charge in [-0.15, -0.1) is 5.10 Å². The molecule has 7 rings (SSSR count). The Morgan fingerprint density at radius 1 is 1.02 bits per heavy atom. The van der Waals surface area contributed by atoms with Gasteiger partial charge in [-0.3, -0.25) is 19.4 Å². The summed E-state index contributed by atoms with van der Waals surface area (Å²) in [6.45, 7) is 1.93. The summed E-state index contributed by atoms with van der Waals surface area (Å²) in [6, 6.07) is 17.3. The maximum atomic E-state index is 13.8. The Bertz CT molecular complexity index is 2030. The van der Waals surface area contributed by atoms with Crippen molar-refractivity contribution in [2.24, 2.45) is 17.4 Å². The summed E-state index contributed by atoms with van der Waals surface area (Å²) in [5.74, 6) is -1.14. The first-order valence-electron chi connectivity index (χ1n) is 16.3. The minimum atomic E-state index is -1.18. The molecule has 12 nitrogen and oxygen atoms in total. The standard InChI is InChI=1S/C36H35FN8O4/c1-19(41-18-31(46)44-27(17-38)14-24-15-30(24)44)16-36(34-42-35(49)45(43-34)26-8-6-25(37)7-9-26)28-10-4-22(32(39)47)12-20(28)2-3-21-13-23(33(40)48)5-11-29(21)36/h4-13,19,24,27,30,41H,2-3,14-16,18H2,1H3,(H2,39,47)(H2,40,48)(H,42,43,49)/t19-,24-,27?,30+/m1/s1. The average molecular weight is 663 g/mol. The molecule has 13 heteroatoms. The molecule has 2 heterocycles. The number of piperidine rings is 1. The second-order valence-corrected chi connectivity index (χ2v) is 13.3. The average Bonchev–Trinajstić information content (AvgIpc) is 3.62. The highest BCUT2D eigenvalue weighted by atomic mass is 19.1. The molecule has 1 aromatic heterocycles. The fourth-order valence-corrected chi connectivity index (χ4v) is 7.82. The quantitative estimate of drug-likeness (QED) is 0.211. The number of fused-ring (bicyclic) bond motifs is 3. The highest BCUT2D eigenvalue weighted by Gasteiger charge is 2.54. The molecule has 3 aliphatic rings. The number of likely N-dealkylation sites (tertiary alicyclic amines) is 1. The van der Waals surface area contributed by atoms with E-state index in [4.69, 9.17) is 16.6 Å². The molecule has 1 unspecified atom stereocenters. The van der Waals surface area contributed by atoms with E-state index < -0.39 is 34.8 Å². The highest BCUT2D eigenvalue weighted by molar-refractivity contribution is 5.94. The number of hydrogen-bond acceptors (Lipinski definition) is 7. The lowest BCUT2D eigenvalue weighted by atomic mass is 9.67. The number of aromatic nitrogens is 3. The third-order valence-corrected chi connectivity index (χ3v) is 10.2. The van der Waals surface area contributed by atoms with Crippen LogP contribution in [0.1, 0.15) is 75.0 Å². The first-order valence-corrected chi connectivity index (χ1v) is 16.3. The lowest BCUT2D eigenvalue weighted by molar-refractivity contribution is -0.131. The molecule has 6 N–H and O–H groups in total. The molecule has 4 atom stereocenters. The third-order valence-electron chi connectivity index (χ3n) is 10.2. The molecule has 250 valence electrons. The van der Waals surface area contributed by atoms with E-state index in [2.05, 4.69) is 16.4 Å². The molecule has 3 amide bonds. The van der Waals surface area contributed by atoms with Crippen LogP contribution >= 0.6 is 0 Å². The van der Waals surface area contributed by atoms with Crippen LogP contribution in [0, 0.1) is 23.1 Å². The van der Waals surface area contributed by atoms with Crippen molar-refractivity contribution in [1.29, 1.82) is 5.26 Å². The van der Waals surface area contributed by atoms with E-state index in [0.29, 0.717) is 42.0 Å². The minimum Gasteiger partial charge on any atom is -0.366 e. The number of hydrogen-bond donors (Lipinski definition) is 4. The molecule has 1 saturated heterocycles. The Balaban J connectivity index is 1.37. The Morgan fingerprint density at radius 3 is 2.20 bits per heavy atom. The van der Waals surface area contributed by atoms with Crippen LogP contribution < -0.4 is 22.5 Å². The topological polar surface area (TPSA) is 193 Å². The van der Waals surface area contributed by atoms with Crippen molar-refractivity contribution in [1.82, 2.24) is 25.0 Å². The number of nitrogens with two attached hydrogens (primary N) is 2. The Labute approximate surface area is 280 Å². The van der Waals surface area contributed by atoms with Gasteiger partial charge in [0.2, 0.25) is 17.7 Å². The number of nitrogens with one attached hydrogen (secondary N) is 2. The molecule has 0 spiro atoms. The van der Waals surface area contributed by atoms with Crippen LogP contribution in [0.2, 0.25) is 0 Å². The predicted molar refractivity (Wildman–Crippen MR) is 176 cm³/mol. The van der Waals surface area contributed by atoms with Gasteiger partial charge in [-0.2, -0.15) is 9.94 Å². The van der Waals surface area contributed by atoms with Crippen LogP contribution in [0.5, 0.6) is 0 Å². The third kappa shape index (κ3) is 5.57. The maximum absolute atomic E-state index is 13.8. The number of amides is 3. The van der Waals surface area contributed by atoms with E-state index in [1.54, 1.807) is 29.2 Å². The van der Waals surface area contributed by atoms with Crippen LogP contribution in [0.25, 0.3) is 5.69 Å². The van der Waals surface area contributed by atoms with Crippen molar-refractivity contribution in [2.45, 2.75) is 62.6 Å². The van der Waals surface area contributed by atoms with Gasteiger partial charge in [0.15, 0.2) is 0 Å². The first-order chi connectivity index (χ1) is 23.5. The molecule has 4 aromatic rings. The molecule has 0 bridgehead atoms. The van der Waals surface area contributed by atoms with Crippen LogP contribution in [0.3, 0.4) is 0 Å². The number of carbonyl (C=O) groups excluding carboxylic acids is 3. The number of halogens is 1. The fourth-order valence-electron chi connectivity index (χ4n) is 7.82. The smallest absolute Gasteiger partial charge is 0.348 e. The molecule has 2 aliphatic carbocycles. The number of nitrogens with zero attached hydrogens (tertiary/aromatic N) is 4. The van der Waals surface area contributed by atoms with Crippen molar-refractivity contribution in [3.05, 3.63) is 116 Å². The van der Waals surface area contributed by atoms with E-state index in [-0.39, 0.29) is 36.8 Å². The summed E-state index contributed by atoms with van der Waals surface area (Å²) in [6.07, 6.45) is 2.84. The lowest BCUT2D eigenvalue weighted by Gasteiger charge is -2.37. The monoisotopic (exact) mass is 662 g/mol. The summed E-state index contributed by atoms with van der Waals surface area (Å²) in [5.41, 5.74) is 13.7. The van der Waals surface area contributed by atoms with Gasteiger partial charge < -0.3 is 21.7 Å². The van der Waals surface area contributed by atoms with Crippen molar-refractivity contribution >= 4 is 17.7 Å². The van der Waals surface area contributed by atoms with Gasteiger partial charge in [0.25, 0.3) is 0 Å². The zero-order valence-electron chi connectivity index (χ0n) is 26.8. The highest BCUT2D eigenvalue weighted by Crippen LogP contribution is 2.48. The van der Waals surface area contributed by atoms with Gasteiger partial charge in [0.1, 0.15) is 17.7 Å². The molecular weight excluding hydrogens is 627 g/mol. The van der Waals surface area contributed by atoms with Gasteiger partial charge in [-0.05, 0) is 116 Å². The van der Waals surface area contributed by atoms with Gasteiger partial charge in [-0.1, -0.05) is 12.1 Å². The summed E-state index contributed by atoms with van der Waals surface area (Å²) in [7, 11) is 0. The number of primary amides is 2. The normalized spacial score (nSPS) is 20.7. The summed E-state index contributed by atoms with van der Waals surface area (Å²) in [4.78, 5) is 56.3.